The summed E-state index contributed by atoms with van der Waals surface area (Å²) in [6, 6.07) is 18.0. The van der Waals surface area contributed by atoms with Gasteiger partial charge in [-0.2, -0.15) is 5.26 Å². The van der Waals surface area contributed by atoms with Crippen LogP contribution in [0.2, 0.25) is 0 Å². The van der Waals surface area contributed by atoms with E-state index in [9.17, 15) is 5.11 Å². The van der Waals surface area contributed by atoms with Gasteiger partial charge in [0, 0.05) is 22.4 Å². The molecule has 0 aliphatic heterocycles. The van der Waals surface area contributed by atoms with E-state index in [0.717, 1.165) is 21.4 Å². The molecule has 0 saturated heterocycles. The lowest BCUT2D eigenvalue weighted by Crippen LogP contribution is -2.18. The highest BCUT2D eigenvalue weighted by Crippen LogP contribution is 2.31. The van der Waals surface area contributed by atoms with Crippen molar-refractivity contribution in [3.63, 3.8) is 0 Å². The minimum Gasteiger partial charge on any atom is -0.389 e. The van der Waals surface area contributed by atoms with E-state index in [0.29, 0.717) is 13.0 Å². The Balaban J connectivity index is 2.38. The van der Waals surface area contributed by atoms with E-state index in [4.69, 9.17) is 5.26 Å². The monoisotopic (exact) mass is 344 g/mol. The molecule has 0 aliphatic carbocycles. The predicted molar refractivity (Wildman–Crippen MR) is 88.5 cm³/mol. The standard InChI is InChI=1S/C17H17BrN2O/c1-13(21)16-9-8-15(12-17(16)18)20(11-5-10-19)14-6-3-2-4-7-14/h2-4,6-9,12-13,21H,5,11H2,1H3. The maximum absolute atomic E-state index is 9.71. The number of hydrogen-bond donors (Lipinski definition) is 1. The van der Waals surface area contributed by atoms with Gasteiger partial charge in [-0.15, -0.1) is 0 Å². The van der Waals surface area contributed by atoms with Crippen LogP contribution in [0.1, 0.15) is 25.0 Å². The Bertz CT molecular complexity index is 635. The topological polar surface area (TPSA) is 47.3 Å². The van der Waals surface area contributed by atoms with E-state index in [1.165, 1.54) is 0 Å². The molecule has 0 radical (unpaired) electrons. The summed E-state index contributed by atoms with van der Waals surface area (Å²) in [5.41, 5.74) is 2.89. The van der Waals surface area contributed by atoms with E-state index < -0.39 is 6.10 Å². The Labute approximate surface area is 133 Å². The second kappa shape index (κ2) is 7.26. The average Bonchev–Trinajstić information content (AvgIpc) is 2.48. The Kier molecular flexibility index (Phi) is 5.38. The number of aliphatic hydroxyl groups excluding tert-OH is 1. The molecule has 3 nitrogen and oxygen atoms in total. The van der Waals surface area contributed by atoms with Crippen LogP contribution in [0.25, 0.3) is 0 Å². The van der Waals surface area contributed by atoms with Crippen LogP contribution in [0.4, 0.5) is 11.4 Å². The van der Waals surface area contributed by atoms with Crippen LogP contribution in [-0.2, 0) is 0 Å². The molecule has 0 amide bonds. The van der Waals surface area contributed by atoms with Gasteiger partial charge >= 0.3 is 0 Å². The lowest BCUT2D eigenvalue weighted by molar-refractivity contribution is 0.198. The number of nitrogens with zero attached hydrogens (tertiary/aromatic N) is 2. The molecule has 2 rings (SSSR count). The fourth-order valence-electron chi connectivity index (χ4n) is 2.20. The van der Waals surface area contributed by atoms with Gasteiger partial charge in [-0.05, 0) is 36.8 Å². The highest BCUT2D eigenvalue weighted by Gasteiger charge is 2.12. The minimum absolute atomic E-state index is 0.449. The van der Waals surface area contributed by atoms with Crippen molar-refractivity contribution in [3.05, 3.63) is 58.6 Å². The molecular formula is C17H17BrN2O. The fraction of sp³-hybridized carbons (Fsp3) is 0.235. The van der Waals surface area contributed by atoms with Gasteiger partial charge in [-0.1, -0.05) is 40.2 Å². The zero-order valence-electron chi connectivity index (χ0n) is 11.8. The molecule has 1 atom stereocenters. The van der Waals surface area contributed by atoms with Crippen LogP contribution >= 0.6 is 15.9 Å². The van der Waals surface area contributed by atoms with Crippen LogP contribution in [0.15, 0.2) is 53.0 Å². The maximum Gasteiger partial charge on any atom is 0.0772 e. The van der Waals surface area contributed by atoms with Crippen molar-refractivity contribution in [2.45, 2.75) is 19.4 Å². The van der Waals surface area contributed by atoms with Gasteiger partial charge in [0.15, 0.2) is 0 Å². The molecule has 0 fully saturated rings. The van der Waals surface area contributed by atoms with Gasteiger partial charge in [0.1, 0.15) is 0 Å². The van der Waals surface area contributed by atoms with Crippen molar-refractivity contribution in [1.29, 1.82) is 5.26 Å². The van der Waals surface area contributed by atoms with Crippen LogP contribution in [0.3, 0.4) is 0 Å². The van der Waals surface area contributed by atoms with E-state index in [1.807, 2.05) is 48.5 Å². The van der Waals surface area contributed by atoms with Gasteiger partial charge in [0.05, 0.1) is 18.6 Å². The Morgan fingerprint density at radius 1 is 1.19 bits per heavy atom. The number of hydrogen-bond acceptors (Lipinski definition) is 3. The van der Waals surface area contributed by atoms with Crippen molar-refractivity contribution >= 4 is 27.3 Å². The SMILES string of the molecule is CC(O)c1ccc(N(CCC#N)c2ccccc2)cc1Br. The summed E-state index contributed by atoms with van der Waals surface area (Å²) in [6.07, 6.45) is -0.0669. The van der Waals surface area contributed by atoms with Crippen LogP contribution in [-0.4, -0.2) is 11.7 Å². The third-order valence-corrected chi connectivity index (χ3v) is 3.95. The molecule has 0 bridgehead atoms. The summed E-state index contributed by atoms with van der Waals surface area (Å²) in [7, 11) is 0. The molecule has 4 heteroatoms. The highest BCUT2D eigenvalue weighted by molar-refractivity contribution is 9.10. The number of benzene rings is 2. The van der Waals surface area contributed by atoms with E-state index in [-0.39, 0.29) is 0 Å². The first kappa shape index (κ1) is 15.6. The summed E-state index contributed by atoms with van der Waals surface area (Å²) >= 11 is 3.51. The van der Waals surface area contributed by atoms with Crippen molar-refractivity contribution in [2.24, 2.45) is 0 Å². The lowest BCUT2D eigenvalue weighted by atomic mass is 10.1. The number of halogens is 1. The number of nitriles is 1. The molecule has 21 heavy (non-hydrogen) atoms. The van der Waals surface area contributed by atoms with E-state index in [1.54, 1.807) is 6.92 Å². The molecule has 0 aliphatic rings. The first-order valence-electron chi connectivity index (χ1n) is 6.80. The third kappa shape index (κ3) is 3.84. The Morgan fingerprint density at radius 3 is 2.48 bits per heavy atom. The van der Waals surface area contributed by atoms with Crippen LogP contribution in [0, 0.1) is 11.3 Å². The van der Waals surface area contributed by atoms with Gasteiger partial charge in [-0.25, -0.2) is 0 Å². The normalized spacial score (nSPS) is 11.7. The van der Waals surface area contributed by atoms with E-state index in [2.05, 4.69) is 26.9 Å². The summed E-state index contributed by atoms with van der Waals surface area (Å²) in [5.74, 6) is 0. The summed E-state index contributed by atoms with van der Waals surface area (Å²) in [6.45, 7) is 2.37. The first-order chi connectivity index (χ1) is 10.1. The smallest absolute Gasteiger partial charge is 0.0772 e. The zero-order chi connectivity index (χ0) is 15.2. The molecule has 1 N–H and O–H groups in total. The molecule has 0 aromatic heterocycles. The maximum atomic E-state index is 9.71. The second-order valence-electron chi connectivity index (χ2n) is 4.78. The Hall–Kier alpha value is -1.83. The predicted octanol–water partition coefficient (Wildman–Crippen LogP) is 4.55. The van der Waals surface area contributed by atoms with Gasteiger partial charge in [0.2, 0.25) is 0 Å². The molecule has 0 heterocycles. The minimum atomic E-state index is -0.516. The second-order valence-corrected chi connectivity index (χ2v) is 5.63. The third-order valence-electron chi connectivity index (χ3n) is 3.26. The van der Waals surface area contributed by atoms with Gasteiger partial charge in [0.25, 0.3) is 0 Å². The molecule has 2 aromatic carbocycles. The summed E-state index contributed by atoms with van der Waals surface area (Å²) < 4.78 is 0.868. The van der Waals surface area contributed by atoms with Gasteiger partial charge < -0.3 is 10.0 Å². The summed E-state index contributed by atoms with van der Waals surface area (Å²) in [5, 5.41) is 18.6. The number of aliphatic hydroxyl groups is 1. The molecular weight excluding hydrogens is 328 g/mol. The molecule has 108 valence electrons. The lowest BCUT2D eigenvalue weighted by Gasteiger charge is -2.25. The number of para-hydroxylation sites is 1. The van der Waals surface area contributed by atoms with Crippen LogP contribution in [0.5, 0.6) is 0 Å². The molecule has 0 spiro atoms. The van der Waals surface area contributed by atoms with E-state index >= 15 is 0 Å². The average molecular weight is 345 g/mol. The number of rotatable bonds is 5. The Morgan fingerprint density at radius 2 is 1.90 bits per heavy atom. The largest absolute Gasteiger partial charge is 0.389 e. The highest BCUT2D eigenvalue weighted by atomic mass is 79.9. The summed E-state index contributed by atoms with van der Waals surface area (Å²) in [4.78, 5) is 2.10. The molecule has 2 aromatic rings. The molecule has 1 unspecified atom stereocenters. The van der Waals surface area contributed by atoms with Crippen molar-refractivity contribution in [1.82, 2.24) is 0 Å². The molecule has 0 saturated carbocycles. The first-order valence-corrected chi connectivity index (χ1v) is 7.60. The quantitative estimate of drug-likeness (QED) is 0.865. The zero-order valence-corrected chi connectivity index (χ0v) is 13.4. The van der Waals surface area contributed by atoms with Crippen molar-refractivity contribution in [3.8, 4) is 6.07 Å². The van der Waals surface area contributed by atoms with Crippen molar-refractivity contribution < 1.29 is 5.11 Å². The van der Waals surface area contributed by atoms with Crippen molar-refractivity contribution in [2.75, 3.05) is 11.4 Å². The van der Waals surface area contributed by atoms with Crippen LogP contribution < -0.4 is 4.90 Å². The fourth-order valence-corrected chi connectivity index (χ4v) is 2.90. The number of anilines is 2. The van der Waals surface area contributed by atoms with Gasteiger partial charge in [-0.3, -0.25) is 0 Å².